The zero-order chi connectivity index (χ0) is 37.6. The molecule has 0 amide bonds. The van der Waals surface area contributed by atoms with Crippen molar-refractivity contribution in [2.45, 2.75) is 25.5 Å². The predicted octanol–water partition coefficient (Wildman–Crippen LogP) is 12.7. The molecule has 0 spiro atoms. The van der Waals surface area contributed by atoms with E-state index in [2.05, 4.69) is 11.6 Å². The second kappa shape index (κ2) is 11.7. The third-order valence-electron chi connectivity index (χ3n) is 9.47. The van der Waals surface area contributed by atoms with E-state index >= 15 is 0 Å². The fourth-order valence-corrected chi connectivity index (χ4v) is 6.98. The van der Waals surface area contributed by atoms with Crippen LogP contribution in [-0.2, 0) is 18.5 Å². The number of halogens is 9. The summed E-state index contributed by atoms with van der Waals surface area (Å²) in [5.74, 6) is 0. The van der Waals surface area contributed by atoms with Gasteiger partial charge in [0.25, 0.3) is 0 Å². The molecular weight excluding hydrogens is 705 g/mol. The molecule has 5 aromatic carbocycles. The average molecular weight is 730 g/mol. The first kappa shape index (κ1) is 34.1. The molecule has 0 aliphatic carbocycles. The average Bonchev–Trinajstić information content (AvgIpc) is 3.61. The number of pyridine rings is 1. The van der Waals surface area contributed by atoms with Crippen LogP contribution in [0.2, 0.25) is 0 Å². The van der Waals surface area contributed by atoms with E-state index in [0.717, 1.165) is 42.0 Å². The Balaban J connectivity index is 1.52. The molecule has 3 nitrogen and oxygen atoms in total. The Kier molecular flexibility index (Phi) is 7.55. The Morgan fingerprint density at radius 1 is 0.472 bits per heavy atom. The van der Waals surface area contributed by atoms with Gasteiger partial charge in [0.15, 0.2) is 0 Å². The number of alkyl halides is 9. The van der Waals surface area contributed by atoms with E-state index in [1.54, 1.807) is 47.0 Å². The van der Waals surface area contributed by atoms with Crippen molar-refractivity contribution in [3.63, 3.8) is 0 Å². The lowest BCUT2D eigenvalue weighted by Gasteiger charge is -2.18. The number of hydrogen-bond donors (Lipinski definition) is 0. The van der Waals surface area contributed by atoms with Crippen molar-refractivity contribution >= 4 is 49.2 Å². The number of aryl methyl sites for hydroxylation is 1. The summed E-state index contributed by atoms with van der Waals surface area (Å²) in [6.07, 6.45) is -11.2. The minimum atomic E-state index is -4.77. The minimum Gasteiger partial charge on any atom is -0.309 e. The fraction of sp³-hybridized carbons (Fsp3) is 0.0976. The van der Waals surface area contributed by atoms with E-state index in [1.807, 2.05) is 13.0 Å². The summed E-state index contributed by atoms with van der Waals surface area (Å²) >= 11 is 0. The van der Waals surface area contributed by atoms with E-state index in [4.69, 9.17) is 0 Å². The van der Waals surface area contributed by atoms with E-state index < -0.39 is 35.2 Å². The first-order valence-corrected chi connectivity index (χ1v) is 16.1. The van der Waals surface area contributed by atoms with Crippen LogP contribution in [-0.4, -0.2) is 14.1 Å². The van der Waals surface area contributed by atoms with Crippen molar-refractivity contribution in [2.75, 3.05) is 0 Å². The normalized spacial score (nSPS) is 12.8. The Hall–Kier alpha value is -6.04. The van der Waals surface area contributed by atoms with E-state index in [9.17, 15) is 39.5 Å². The van der Waals surface area contributed by atoms with Crippen LogP contribution in [0.15, 0.2) is 122 Å². The molecule has 266 valence electrons. The van der Waals surface area contributed by atoms with Crippen molar-refractivity contribution in [1.29, 1.82) is 0 Å². The number of rotatable bonds is 4. The fourth-order valence-electron chi connectivity index (χ4n) is 6.98. The molecule has 8 aromatic rings. The Bertz CT molecular complexity index is 2690. The third kappa shape index (κ3) is 5.78. The molecule has 0 saturated carbocycles. The maximum atomic E-state index is 14.1. The van der Waals surface area contributed by atoms with Crippen molar-refractivity contribution in [3.8, 4) is 11.4 Å². The predicted molar refractivity (Wildman–Crippen MR) is 187 cm³/mol. The molecule has 8 rings (SSSR count). The van der Waals surface area contributed by atoms with Crippen LogP contribution in [0.4, 0.5) is 39.5 Å². The summed E-state index contributed by atoms with van der Waals surface area (Å²) in [5, 5.41) is 1.68. The first-order valence-electron chi connectivity index (χ1n) is 16.1. The molecule has 3 aromatic heterocycles. The maximum Gasteiger partial charge on any atom is 0.416 e. The van der Waals surface area contributed by atoms with Gasteiger partial charge in [-0.1, -0.05) is 36.9 Å². The number of nitrogens with zero attached hydrogens (tertiary/aromatic N) is 3. The molecule has 0 bridgehead atoms. The molecule has 0 fully saturated rings. The second-order valence-corrected chi connectivity index (χ2v) is 12.8. The lowest BCUT2D eigenvalue weighted by molar-refractivity contribution is -0.138. The van der Waals surface area contributed by atoms with E-state index in [-0.39, 0.29) is 33.0 Å². The standard InChI is InChI=1S/C41H24F9N3/c1-22-3-7-31-32-8-4-26(39(42,43)44)18-36(32)52(35(31)15-22)29-16-25(23(2)24-11-13-51-14-12-24)17-30(21-29)53-37-19-27(40(45,46)47)5-9-33(37)34-10-6-28(20-38(34)53)41(48,49)50/h3-21H,2H2,1H3. The van der Waals surface area contributed by atoms with Gasteiger partial charge in [0.1, 0.15) is 0 Å². The Morgan fingerprint density at radius 2 is 0.849 bits per heavy atom. The topological polar surface area (TPSA) is 22.8 Å². The van der Waals surface area contributed by atoms with Crippen molar-refractivity contribution in [1.82, 2.24) is 14.1 Å². The molecule has 0 aliphatic rings. The van der Waals surface area contributed by atoms with Crippen LogP contribution >= 0.6 is 0 Å². The minimum absolute atomic E-state index is 0.0239. The van der Waals surface area contributed by atoms with Gasteiger partial charge in [0, 0.05) is 45.3 Å². The third-order valence-corrected chi connectivity index (χ3v) is 9.47. The van der Waals surface area contributed by atoms with Crippen LogP contribution < -0.4 is 0 Å². The second-order valence-electron chi connectivity index (χ2n) is 12.8. The first-order chi connectivity index (χ1) is 25.0. The summed E-state index contributed by atoms with van der Waals surface area (Å²) in [5.41, 5.74) is 0.463. The molecule has 53 heavy (non-hydrogen) atoms. The zero-order valence-electron chi connectivity index (χ0n) is 27.4. The summed E-state index contributed by atoms with van der Waals surface area (Å²) in [7, 11) is 0. The van der Waals surface area contributed by atoms with Gasteiger partial charge in [-0.25, -0.2) is 0 Å². The number of hydrogen-bond acceptors (Lipinski definition) is 1. The summed E-state index contributed by atoms with van der Waals surface area (Å²) in [6, 6.07) is 23.0. The Morgan fingerprint density at radius 3 is 1.25 bits per heavy atom. The van der Waals surface area contributed by atoms with Gasteiger partial charge >= 0.3 is 18.5 Å². The Labute approximate surface area is 294 Å². The molecule has 0 unspecified atom stereocenters. The highest BCUT2D eigenvalue weighted by Gasteiger charge is 2.34. The SMILES string of the molecule is C=C(c1ccncc1)c1cc(-n2c3cc(C)ccc3c3ccc(C(F)(F)F)cc32)cc(-n2c3cc(C(F)(F)F)ccc3c3ccc(C(F)(F)F)cc32)c1. The molecule has 12 heteroatoms. The lowest BCUT2D eigenvalue weighted by Crippen LogP contribution is -2.07. The molecule has 3 heterocycles. The summed E-state index contributed by atoms with van der Waals surface area (Å²) in [4.78, 5) is 4.04. The van der Waals surface area contributed by atoms with Gasteiger partial charge in [0.2, 0.25) is 0 Å². The molecule has 0 saturated heterocycles. The number of fused-ring (bicyclic) bond motifs is 6. The largest absolute Gasteiger partial charge is 0.416 e. The van der Waals surface area contributed by atoms with Gasteiger partial charge < -0.3 is 9.13 Å². The molecular formula is C41H24F9N3. The van der Waals surface area contributed by atoms with E-state index in [0.29, 0.717) is 38.7 Å². The highest BCUT2D eigenvalue weighted by molar-refractivity contribution is 6.11. The van der Waals surface area contributed by atoms with Gasteiger partial charge in [0.05, 0.1) is 38.8 Å². The van der Waals surface area contributed by atoms with Gasteiger partial charge in [-0.3, -0.25) is 4.98 Å². The molecule has 0 atom stereocenters. The molecule has 0 radical (unpaired) electrons. The van der Waals surface area contributed by atoms with Gasteiger partial charge in [-0.05, 0) is 102 Å². The van der Waals surface area contributed by atoms with Gasteiger partial charge in [-0.15, -0.1) is 0 Å². The zero-order valence-corrected chi connectivity index (χ0v) is 27.4. The van der Waals surface area contributed by atoms with Crippen LogP contribution in [0.25, 0.3) is 60.6 Å². The van der Waals surface area contributed by atoms with Crippen molar-refractivity contribution in [3.05, 3.63) is 155 Å². The smallest absolute Gasteiger partial charge is 0.309 e. The van der Waals surface area contributed by atoms with Crippen LogP contribution in [0, 0.1) is 6.92 Å². The van der Waals surface area contributed by atoms with Crippen LogP contribution in [0.5, 0.6) is 0 Å². The lowest BCUT2D eigenvalue weighted by atomic mass is 9.99. The summed E-state index contributed by atoms with van der Waals surface area (Å²) in [6.45, 7) is 6.07. The van der Waals surface area contributed by atoms with Crippen LogP contribution in [0.3, 0.4) is 0 Å². The highest BCUT2D eigenvalue weighted by Crippen LogP contribution is 2.42. The number of aromatic nitrogens is 3. The van der Waals surface area contributed by atoms with E-state index in [1.165, 1.54) is 35.2 Å². The molecule has 0 N–H and O–H groups in total. The van der Waals surface area contributed by atoms with Gasteiger partial charge in [-0.2, -0.15) is 39.5 Å². The van der Waals surface area contributed by atoms with Crippen LogP contribution in [0.1, 0.15) is 33.4 Å². The van der Waals surface area contributed by atoms with Crippen molar-refractivity contribution < 1.29 is 39.5 Å². The number of benzene rings is 5. The monoisotopic (exact) mass is 729 g/mol. The van der Waals surface area contributed by atoms with Crippen molar-refractivity contribution in [2.24, 2.45) is 0 Å². The maximum absolute atomic E-state index is 14.1. The molecule has 0 aliphatic heterocycles. The quantitative estimate of drug-likeness (QED) is 0.165. The summed E-state index contributed by atoms with van der Waals surface area (Å²) < 4.78 is 130. The highest BCUT2D eigenvalue weighted by atomic mass is 19.4.